The number of carbonyl (C=O) groups is 1. The number of rotatable bonds is 5. The zero-order chi connectivity index (χ0) is 13.8. The van der Waals surface area contributed by atoms with E-state index in [1.54, 1.807) is 0 Å². The summed E-state index contributed by atoms with van der Waals surface area (Å²) in [6.07, 6.45) is 2.08. The molecule has 0 bridgehead atoms. The summed E-state index contributed by atoms with van der Waals surface area (Å²) in [5.74, 6) is 0.273. The van der Waals surface area contributed by atoms with Gasteiger partial charge in [-0.05, 0) is 42.8 Å². The molecule has 2 rings (SSSR count). The smallest absolute Gasteiger partial charge is 0.323 e. The van der Waals surface area contributed by atoms with E-state index in [-0.39, 0.29) is 24.1 Å². The molecule has 8 heteroatoms. The van der Waals surface area contributed by atoms with Crippen LogP contribution < -0.4 is 10.6 Å². The van der Waals surface area contributed by atoms with Gasteiger partial charge in [-0.25, -0.2) is 4.57 Å². The van der Waals surface area contributed by atoms with Gasteiger partial charge in [-0.3, -0.25) is 4.79 Å². The summed E-state index contributed by atoms with van der Waals surface area (Å²) < 4.78 is 1.30. The molecule has 0 saturated carbocycles. The van der Waals surface area contributed by atoms with Crippen LogP contribution in [0, 0.1) is 16.0 Å². The third-order valence-electron chi connectivity index (χ3n) is 3.52. The summed E-state index contributed by atoms with van der Waals surface area (Å²) in [6.45, 7) is 2.65. The first-order valence-corrected chi connectivity index (χ1v) is 6.38. The van der Waals surface area contributed by atoms with E-state index in [4.69, 9.17) is 0 Å². The van der Waals surface area contributed by atoms with E-state index < -0.39 is 4.92 Å². The molecule has 20 heavy (non-hydrogen) atoms. The Morgan fingerprint density at radius 1 is 1.60 bits per heavy atom. The van der Waals surface area contributed by atoms with Crippen molar-refractivity contribution < 1.29 is 9.72 Å². The monoisotopic (exact) mass is 302 g/mol. The van der Waals surface area contributed by atoms with Gasteiger partial charge in [0.05, 0.1) is 7.05 Å². The van der Waals surface area contributed by atoms with Crippen LogP contribution >= 0.6 is 12.4 Å². The molecule has 1 amide bonds. The van der Waals surface area contributed by atoms with Crippen molar-refractivity contribution in [3.8, 4) is 0 Å². The minimum Gasteiger partial charge on any atom is -0.358 e. The molecule has 2 N–H and O–H groups in total. The van der Waals surface area contributed by atoms with Crippen LogP contribution in [-0.2, 0) is 7.05 Å². The van der Waals surface area contributed by atoms with E-state index in [0.717, 1.165) is 25.9 Å². The van der Waals surface area contributed by atoms with E-state index in [0.29, 0.717) is 18.2 Å². The van der Waals surface area contributed by atoms with Gasteiger partial charge in [0, 0.05) is 12.6 Å². The molecular formula is C12H19ClN4O3. The molecule has 2 heterocycles. The van der Waals surface area contributed by atoms with Crippen LogP contribution in [0.15, 0.2) is 12.1 Å². The Balaban J connectivity index is 0.00000200. The lowest BCUT2D eigenvalue weighted by Gasteiger charge is -2.08. The van der Waals surface area contributed by atoms with Crippen LogP contribution in [0.3, 0.4) is 0 Å². The predicted octanol–water partition coefficient (Wildman–Crippen LogP) is 1.08. The average Bonchev–Trinajstić information content (AvgIpc) is 2.98. The van der Waals surface area contributed by atoms with Crippen LogP contribution in [0.25, 0.3) is 0 Å². The molecule has 112 valence electrons. The molecule has 1 aromatic rings. The highest BCUT2D eigenvalue weighted by Crippen LogP contribution is 2.15. The van der Waals surface area contributed by atoms with Crippen molar-refractivity contribution in [1.29, 1.82) is 0 Å². The Bertz CT molecular complexity index is 483. The minimum atomic E-state index is -0.499. The standard InChI is InChI=1S/C12H18N4O3.ClH/c1-15-10(2-3-11(15)16(18)19)12(17)14-7-5-9-4-6-13-8-9;/h2-3,9,13H,4-8H2,1H3,(H,14,17);1H. The second-order valence-corrected chi connectivity index (χ2v) is 4.80. The maximum Gasteiger partial charge on any atom is 0.323 e. The molecule has 0 radical (unpaired) electrons. The van der Waals surface area contributed by atoms with Gasteiger partial charge in [0.1, 0.15) is 0 Å². The van der Waals surface area contributed by atoms with Crippen LogP contribution in [0.2, 0.25) is 0 Å². The lowest BCUT2D eigenvalue weighted by Crippen LogP contribution is -2.28. The zero-order valence-corrected chi connectivity index (χ0v) is 12.1. The first-order chi connectivity index (χ1) is 9.09. The summed E-state index contributed by atoms with van der Waals surface area (Å²) >= 11 is 0. The molecule has 0 aromatic carbocycles. The number of nitrogens with one attached hydrogen (secondary N) is 2. The van der Waals surface area contributed by atoms with Gasteiger partial charge < -0.3 is 20.7 Å². The normalized spacial score (nSPS) is 17.6. The number of aromatic nitrogens is 1. The van der Waals surface area contributed by atoms with Crippen molar-refractivity contribution in [3.05, 3.63) is 27.9 Å². The molecule has 1 aliphatic rings. The summed E-state index contributed by atoms with van der Waals surface area (Å²) in [5.41, 5.74) is 0.316. The first-order valence-electron chi connectivity index (χ1n) is 6.38. The van der Waals surface area contributed by atoms with Gasteiger partial charge in [-0.2, -0.15) is 0 Å². The summed E-state index contributed by atoms with van der Waals surface area (Å²) in [6, 6.07) is 2.82. The van der Waals surface area contributed by atoms with Crippen molar-refractivity contribution in [2.24, 2.45) is 13.0 Å². The molecule has 7 nitrogen and oxygen atoms in total. The Hall–Kier alpha value is -1.60. The van der Waals surface area contributed by atoms with Gasteiger partial charge in [0.15, 0.2) is 5.69 Å². The number of hydrogen-bond acceptors (Lipinski definition) is 4. The molecule has 0 spiro atoms. The Labute approximate surface area is 123 Å². The van der Waals surface area contributed by atoms with Gasteiger partial charge in [-0.1, -0.05) is 0 Å². The maximum absolute atomic E-state index is 11.9. The summed E-state index contributed by atoms with van der Waals surface area (Å²) in [7, 11) is 1.52. The SMILES string of the molecule is Cl.Cn1c(C(=O)NCCC2CCNC2)ccc1[N+](=O)[O-]. The summed E-state index contributed by atoms with van der Waals surface area (Å²) in [4.78, 5) is 22.1. The molecule has 1 fully saturated rings. The highest BCUT2D eigenvalue weighted by Gasteiger charge is 2.20. The number of nitro groups is 1. The van der Waals surface area contributed by atoms with E-state index in [2.05, 4.69) is 10.6 Å². The largest absolute Gasteiger partial charge is 0.358 e. The van der Waals surface area contributed by atoms with Crippen molar-refractivity contribution >= 4 is 24.1 Å². The highest BCUT2D eigenvalue weighted by atomic mass is 35.5. The van der Waals surface area contributed by atoms with E-state index >= 15 is 0 Å². The van der Waals surface area contributed by atoms with Crippen molar-refractivity contribution in [1.82, 2.24) is 15.2 Å². The van der Waals surface area contributed by atoms with E-state index in [1.807, 2.05) is 0 Å². The number of carbonyl (C=O) groups excluding carboxylic acids is 1. The van der Waals surface area contributed by atoms with E-state index in [9.17, 15) is 14.9 Å². The topological polar surface area (TPSA) is 89.2 Å². The van der Waals surface area contributed by atoms with Gasteiger partial charge in [0.2, 0.25) is 0 Å². The van der Waals surface area contributed by atoms with Crippen LogP contribution in [0.5, 0.6) is 0 Å². The fourth-order valence-electron chi connectivity index (χ4n) is 2.35. The number of amides is 1. The molecule has 1 aromatic heterocycles. The third-order valence-corrected chi connectivity index (χ3v) is 3.52. The highest BCUT2D eigenvalue weighted by molar-refractivity contribution is 5.93. The van der Waals surface area contributed by atoms with Crippen LogP contribution in [0.1, 0.15) is 23.3 Å². The van der Waals surface area contributed by atoms with Gasteiger partial charge in [-0.15, -0.1) is 12.4 Å². The lowest BCUT2D eigenvalue weighted by atomic mass is 10.1. The molecule has 0 aliphatic carbocycles. The fourth-order valence-corrected chi connectivity index (χ4v) is 2.35. The first kappa shape index (κ1) is 16.5. The van der Waals surface area contributed by atoms with Gasteiger partial charge in [0.25, 0.3) is 5.91 Å². The molecule has 1 saturated heterocycles. The van der Waals surface area contributed by atoms with Crippen molar-refractivity contribution in [2.75, 3.05) is 19.6 Å². The lowest BCUT2D eigenvalue weighted by molar-refractivity contribution is -0.391. The Morgan fingerprint density at radius 2 is 2.35 bits per heavy atom. The Morgan fingerprint density at radius 3 is 2.90 bits per heavy atom. The third kappa shape index (κ3) is 3.71. The van der Waals surface area contributed by atoms with Crippen molar-refractivity contribution in [3.63, 3.8) is 0 Å². The molecular weight excluding hydrogens is 284 g/mol. The quantitative estimate of drug-likeness (QED) is 0.629. The van der Waals surface area contributed by atoms with Crippen LogP contribution in [0.4, 0.5) is 5.82 Å². The maximum atomic E-state index is 11.9. The van der Waals surface area contributed by atoms with E-state index in [1.165, 1.54) is 23.7 Å². The Kier molecular flexibility index (Phi) is 5.97. The zero-order valence-electron chi connectivity index (χ0n) is 11.3. The van der Waals surface area contributed by atoms with Crippen molar-refractivity contribution in [2.45, 2.75) is 12.8 Å². The predicted molar refractivity (Wildman–Crippen MR) is 77.2 cm³/mol. The molecule has 1 unspecified atom stereocenters. The average molecular weight is 303 g/mol. The number of nitrogens with zero attached hydrogens (tertiary/aromatic N) is 2. The summed E-state index contributed by atoms with van der Waals surface area (Å²) in [5, 5.41) is 16.8. The second kappa shape index (κ2) is 7.25. The second-order valence-electron chi connectivity index (χ2n) is 4.80. The molecule has 1 atom stereocenters. The van der Waals surface area contributed by atoms with Gasteiger partial charge >= 0.3 is 5.82 Å². The number of hydrogen-bond donors (Lipinski definition) is 2. The van der Waals surface area contributed by atoms with Crippen LogP contribution in [-0.4, -0.2) is 35.0 Å². The number of halogens is 1. The fraction of sp³-hybridized carbons (Fsp3) is 0.583. The molecule has 1 aliphatic heterocycles. The minimum absolute atomic E-state index is 0.